The van der Waals surface area contributed by atoms with Gasteiger partial charge >= 0.3 is 0 Å². The molecule has 0 unspecified atom stereocenters. The second-order valence-electron chi connectivity index (χ2n) is 1.62. The van der Waals surface area contributed by atoms with Crippen LogP contribution in [0.5, 0.6) is 0 Å². The predicted molar refractivity (Wildman–Crippen MR) is 41.6 cm³/mol. The Labute approximate surface area is 68.8 Å². The monoisotopic (exact) mass is 171 g/mol. The summed E-state index contributed by atoms with van der Waals surface area (Å²) in [5.74, 6) is -0.614. The van der Waals surface area contributed by atoms with E-state index >= 15 is 0 Å². The van der Waals surface area contributed by atoms with Crippen molar-refractivity contribution in [1.82, 2.24) is 11.0 Å². The molecule has 0 atom stereocenters. The number of hydrogen-bond acceptors (Lipinski definition) is 4. The minimum Gasteiger partial charge on any atom is -0.290 e. The van der Waals surface area contributed by atoms with Gasteiger partial charge in [-0.3, -0.25) is 20.7 Å². The van der Waals surface area contributed by atoms with E-state index in [1.54, 1.807) is 5.48 Å². The molecule has 0 aromatic heterocycles. The highest BCUT2D eigenvalue weighted by Gasteiger charge is 1.88. The molecule has 0 aromatic rings. The number of carbonyl (C=O) groups excluding carboxylic acids is 1. The van der Waals surface area contributed by atoms with E-state index in [-0.39, 0.29) is 5.84 Å². The van der Waals surface area contributed by atoms with Crippen molar-refractivity contribution in [1.29, 1.82) is 0 Å². The first-order chi connectivity index (χ1) is 5.74. The van der Waals surface area contributed by atoms with Gasteiger partial charge in [0.2, 0.25) is 0 Å². The average Bonchev–Trinajstić information content (AvgIpc) is 2.12. The van der Waals surface area contributed by atoms with Crippen LogP contribution in [0.4, 0.5) is 0 Å². The van der Waals surface area contributed by atoms with Crippen molar-refractivity contribution in [3.8, 4) is 0 Å². The predicted octanol–water partition coefficient (Wildman–Crippen LogP) is -0.431. The third-order valence-electron chi connectivity index (χ3n) is 0.858. The molecule has 0 fully saturated rings. The molecule has 6 nitrogen and oxygen atoms in total. The number of hydroxylamine groups is 2. The van der Waals surface area contributed by atoms with Crippen LogP contribution in [0.15, 0.2) is 29.9 Å². The fourth-order valence-corrected chi connectivity index (χ4v) is 0.350. The van der Waals surface area contributed by atoms with Gasteiger partial charge in [0.05, 0.1) is 0 Å². The molecule has 0 saturated heterocycles. The molecule has 6 heteroatoms. The highest BCUT2D eigenvalue weighted by Crippen LogP contribution is 1.78. The summed E-state index contributed by atoms with van der Waals surface area (Å²) in [6.45, 7) is 3.31. The molecule has 0 aliphatic rings. The molecule has 66 valence electrons. The highest BCUT2D eigenvalue weighted by molar-refractivity contribution is 5.92. The summed E-state index contributed by atoms with van der Waals surface area (Å²) < 4.78 is 0. The molecule has 12 heavy (non-hydrogen) atoms. The SMILES string of the molecule is C=CC(=NC=CC(=O)NO)NO. The lowest BCUT2D eigenvalue weighted by Crippen LogP contribution is -2.16. The third-order valence-corrected chi connectivity index (χ3v) is 0.858. The van der Waals surface area contributed by atoms with Crippen LogP contribution in [0.2, 0.25) is 0 Å². The van der Waals surface area contributed by atoms with Gasteiger partial charge in [-0.1, -0.05) is 6.58 Å². The van der Waals surface area contributed by atoms with E-state index < -0.39 is 5.91 Å². The van der Waals surface area contributed by atoms with Gasteiger partial charge in [-0.2, -0.15) is 0 Å². The Hall–Kier alpha value is -1.66. The normalized spacial score (nSPS) is 11.3. The molecular formula is C6H9N3O3. The molecule has 0 heterocycles. The van der Waals surface area contributed by atoms with Crippen LogP contribution < -0.4 is 11.0 Å². The second-order valence-corrected chi connectivity index (χ2v) is 1.62. The van der Waals surface area contributed by atoms with Crippen molar-refractivity contribution in [3.05, 3.63) is 24.9 Å². The van der Waals surface area contributed by atoms with Crippen LogP contribution in [0.3, 0.4) is 0 Å². The number of amidine groups is 1. The average molecular weight is 171 g/mol. The van der Waals surface area contributed by atoms with Gasteiger partial charge in [0.25, 0.3) is 5.91 Å². The number of hydrogen-bond donors (Lipinski definition) is 4. The molecule has 0 aromatic carbocycles. The number of amides is 1. The van der Waals surface area contributed by atoms with Gasteiger partial charge in [-0.25, -0.2) is 10.5 Å². The van der Waals surface area contributed by atoms with E-state index in [2.05, 4.69) is 11.6 Å². The summed E-state index contributed by atoms with van der Waals surface area (Å²) >= 11 is 0. The van der Waals surface area contributed by atoms with Crippen LogP contribution in [0.25, 0.3) is 0 Å². The van der Waals surface area contributed by atoms with Crippen LogP contribution in [-0.4, -0.2) is 22.2 Å². The maximum absolute atomic E-state index is 10.3. The third kappa shape index (κ3) is 4.20. The van der Waals surface area contributed by atoms with Crippen molar-refractivity contribution in [2.45, 2.75) is 0 Å². The number of aliphatic imine (C=N–C) groups is 1. The fourth-order valence-electron chi connectivity index (χ4n) is 0.350. The summed E-state index contributed by atoms with van der Waals surface area (Å²) in [4.78, 5) is 13.9. The molecule has 0 spiro atoms. The van der Waals surface area contributed by atoms with Crippen LogP contribution in [0.1, 0.15) is 0 Å². The Bertz CT molecular complexity index is 222. The van der Waals surface area contributed by atoms with E-state index in [0.29, 0.717) is 0 Å². The second kappa shape index (κ2) is 6.08. The largest absolute Gasteiger partial charge is 0.290 e. The Kier molecular flexibility index (Phi) is 5.24. The smallest absolute Gasteiger partial charge is 0.268 e. The fraction of sp³-hybridized carbons (Fsp3) is 0. The Balaban J connectivity index is 4.08. The van der Waals surface area contributed by atoms with Gasteiger partial charge < -0.3 is 0 Å². The summed E-state index contributed by atoms with van der Waals surface area (Å²) in [7, 11) is 0. The van der Waals surface area contributed by atoms with Crippen molar-refractivity contribution < 1.29 is 15.2 Å². The topological polar surface area (TPSA) is 94.0 Å². The molecule has 0 saturated carbocycles. The Morgan fingerprint density at radius 1 is 1.42 bits per heavy atom. The van der Waals surface area contributed by atoms with Crippen LogP contribution in [-0.2, 0) is 4.79 Å². The number of rotatable bonds is 3. The minimum absolute atomic E-state index is 0.0944. The first-order valence-corrected chi connectivity index (χ1v) is 2.95. The molecule has 0 radical (unpaired) electrons. The van der Waals surface area contributed by atoms with Crippen molar-refractivity contribution in [2.24, 2.45) is 4.99 Å². The number of carbonyl (C=O) groups is 1. The lowest BCUT2D eigenvalue weighted by Gasteiger charge is -1.92. The first-order valence-electron chi connectivity index (χ1n) is 2.95. The van der Waals surface area contributed by atoms with E-state index in [0.717, 1.165) is 12.3 Å². The summed E-state index contributed by atoms with van der Waals surface area (Å²) in [6, 6.07) is 0. The summed E-state index contributed by atoms with van der Waals surface area (Å²) in [5.41, 5.74) is 3.10. The van der Waals surface area contributed by atoms with Gasteiger partial charge in [0.1, 0.15) is 5.84 Å². The van der Waals surface area contributed by atoms with Crippen molar-refractivity contribution in [2.75, 3.05) is 0 Å². The number of nitrogens with one attached hydrogen (secondary N) is 2. The maximum Gasteiger partial charge on any atom is 0.268 e. The number of nitrogens with zero attached hydrogens (tertiary/aromatic N) is 1. The Morgan fingerprint density at radius 2 is 2.08 bits per heavy atom. The van der Waals surface area contributed by atoms with Crippen molar-refractivity contribution >= 4 is 11.7 Å². The van der Waals surface area contributed by atoms with Crippen molar-refractivity contribution in [3.63, 3.8) is 0 Å². The van der Waals surface area contributed by atoms with Crippen LogP contribution in [0, 0.1) is 0 Å². The first kappa shape index (κ1) is 10.3. The molecular weight excluding hydrogens is 162 g/mol. The molecule has 0 rings (SSSR count). The van der Waals surface area contributed by atoms with Gasteiger partial charge in [-0.15, -0.1) is 0 Å². The van der Waals surface area contributed by atoms with E-state index in [4.69, 9.17) is 10.4 Å². The zero-order valence-electron chi connectivity index (χ0n) is 6.19. The lowest BCUT2D eigenvalue weighted by atomic mass is 10.5. The van der Waals surface area contributed by atoms with E-state index in [1.807, 2.05) is 0 Å². The molecule has 0 aliphatic heterocycles. The maximum atomic E-state index is 10.3. The molecule has 1 amide bonds. The van der Waals surface area contributed by atoms with E-state index in [9.17, 15) is 4.79 Å². The molecule has 0 aliphatic carbocycles. The minimum atomic E-state index is -0.708. The highest BCUT2D eigenvalue weighted by atomic mass is 16.5. The van der Waals surface area contributed by atoms with Gasteiger partial charge in [0, 0.05) is 12.3 Å². The zero-order valence-corrected chi connectivity index (χ0v) is 6.19. The van der Waals surface area contributed by atoms with E-state index in [1.165, 1.54) is 11.6 Å². The van der Waals surface area contributed by atoms with Crippen LogP contribution >= 0.6 is 0 Å². The van der Waals surface area contributed by atoms with Gasteiger partial charge in [0.15, 0.2) is 0 Å². The Morgan fingerprint density at radius 3 is 2.50 bits per heavy atom. The van der Waals surface area contributed by atoms with Gasteiger partial charge in [-0.05, 0) is 6.08 Å². The lowest BCUT2D eigenvalue weighted by molar-refractivity contribution is -0.124. The quantitative estimate of drug-likeness (QED) is 0.152. The summed E-state index contributed by atoms with van der Waals surface area (Å²) in [6.07, 6.45) is 3.31. The molecule has 0 bridgehead atoms. The summed E-state index contributed by atoms with van der Waals surface area (Å²) in [5, 5.41) is 16.3. The molecule has 4 N–H and O–H groups in total. The zero-order chi connectivity index (χ0) is 9.40. The standard InChI is InChI=1S/C6H9N3O3/c1-2-5(8-11)7-4-3-6(10)9-12/h2-4,11-12H,1H2,(H,7,8)(H,9,10).